The van der Waals surface area contributed by atoms with Gasteiger partial charge in [0.2, 0.25) is 11.8 Å². The van der Waals surface area contributed by atoms with E-state index in [9.17, 15) is 9.59 Å². The van der Waals surface area contributed by atoms with Crippen molar-refractivity contribution in [2.45, 2.75) is 89.9 Å². The number of imidazole rings is 1. The number of hydrogen-bond acceptors (Lipinski definition) is 5. The summed E-state index contributed by atoms with van der Waals surface area (Å²) in [5, 5.41) is 9.62. The van der Waals surface area contributed by atoms with Crippen molar-refractivity contribution in [2.75, 3.05) is 6.54 Å². The summed E-state index contributed by atoms with van der Waals surface area (Å²) in [7, 11) is 0. The molecule has 2 atom stereocenters. The maximum Gasteiger partial charge on any atom is 0.243 e. The molecule has 1 aliphatic carbocycles. The summed E-state index contributed by atoms with van der Waals surface area (Å²) in [6, 6.07) is 16.5. The Morgan fingerprint density at radius 1 is 0.927 bits per heavy atom. The standard InChI is InChI=1S/C33H45N5O3/c1-33(2,3)38-32(40)30(18-24-14-16-28(17-15-24)41-22-26-12-8-5-9-13-26)37-31(39)29(19-27-21-34-23-36-27)35-20-25-10-6-4-7-11-25/h5,8-9,12-17,21,23,25,29-30,35H,4,6-7,10-11,18-20,22H2,1-3H3,(H,34,36)(H,37,39)(H,38,40). The van der Waals surface area contributed by atoms with Gasteiger partial charge in [-0.3, -0.25) is 9.59 Å². The van der Waals surface area contributed by atoms with Gasteiger partial charge in [-0.05, 0) is 69.3 Å². The summed E-state index contributed by atoms with van der Waals surface area (Å²) < 4.78 is 5.92. The van der Waals surface area contributed by atoms with Crippen LogP contribution in [0.4, 0.5) is 0 Å². The molecule has 0 aliphatic heterocycles. The van der Waals surface area contributed by atoms with Gasteiger partial charge in [0.05, 0.1) is 18.1 Å². The molecule has 0 spiro atoms. The van der Waals surface area contributed by atoms with Crippen LogP contribution in [-0.4, -0.2) is 45.9 Å². The molecule has 8 nitrogen and oxygen atoms in total. The number of hydrogen-bond donors (Lipinski definition) is 4. The molecule has 1 aliphatic rings. The van der Waals surface area contributed by atoms with Crippen molar-refractivity contribution in [3.8, 4) is 5.75 Å². The van der Waals surface area contributed by atoms with Crippen molar-refractivity contribution in [1.29, 1.82) is 0 Å². The van der Waals surface area contributed by atoms with Crippen molar-refractivity contribution in [3.05, 3.63) is 83.9 Å². The fraction of sp³-hybridized carbons (Fsp3) is 0.485. The number of H-pyrrole nitrogens is 1. The van der Waals surface area contributed by atoms with Crippen LogP contribution in [0.3, 0.4) is 0 Å². The molecule has 220 valence electrons. The average molecular weight is 560 g/mol. The van der Waals surface area contributed by atoms with Crippen molar-refractivity contribution < 1.29 is 14.3 Å². The smallest absolute Gasteiger partial charge is 0.243 e. The van der Waals surface area contributed by atoms with E-state index in [-0.39, 0.29) is 11.8 Å². The maximum absolute atomic E-state index is 13.7. The van der Waals surface area contributed by atoms with Gasteiger partial charge in [0.25, 0.3) is 0 Å². The molecule has 3 aromatic rings. The van der Waals surface area contributed by atoms with Gasteiger partial charge in [-0.1, -0.05) is 61.7 Å². The lowest BCUT2D eigenvalue weighted by Crippen LogP contribution is -2.57. The second-order valence-corrected chi connectivity index (χ2v) is 12.2. The normalized spacial score (nSPS) is 15.6. The third-order valence-corrected chi connectivity index (χ3v) is 7.40. The molecule has 41 heavy (non-hydrogen) atoms. The van der Waals surface area contributed by atoms with E-state index in [2.05, 4.69) is 25.9 Å². The zero-order valence-corrected chi connectivity index (χ0v) is 24.6. The lowest BCUT2D eigenvalue weighted by molar-refractivity contribution is -0.130. The highest BCUT2D eigenvalue weighted by atomic mass is 16.5. The van der Waals surface area contributed by atoms with Crippen LogP contribution in [0.25, 0.3) is 0 Å². The highest BCUT2D eigenvalue weighted by Gasteiger charge is 2.29. The topological polar surface area (TPSA) is 108 Å². The predicted octanol–water partition coefficient (Wildman–Crippen LogP) is 4.71. The summed E-state index contributed by atoms with van der Waals surface area (Å²) in [5.41, 5.74) is 2.41. The Morgan fingerprint density at radius 3 is 2.32 bits per heavy atom. The summed E-state index contributed by atoms with van der Waals surface area (Å²) in [5.74, 6) is 0.922. The minimum atomic E-state index is -0.726. The van der Waals surface area contributed by atoms with Crippen molar-refractivity contribution in [1.82, 2.24) is 25.9 Å². The van der Waals surface area contributed by atoms with E-state index in [0.29, 0.717) is 25.4 Å². The lowest BCUT2D eigenvalue weighted by Gasteiger charge is -2.28. The molecule has 0 radical (unpaired) electrons. The zero-order valence-electron chi connectivity index (χ0n) is 24.6. The van der Waals surface area contributed by atoms with Crippen LogP contribution in [0.1, 0.15) is 69.7 Å². The number of ether oxygens (including phenoxy) is 1. The Balaban J connectivity index is 1.43. The van der Waals surface area contributed by atoms with Crippen LogP contribution in [0, 0.1) is 5.92 Å². The molecule has 2 aromatic carbocycles. The first-order valence-electron chi connectivity index (χ1n) is 14.8. The highest BCUT2D eigenvalue weighted by Crippen LogP contribution is 2.23. The molecular formula is C33H45N5O3. The molecule has 0 saturated heterocycles. The maximum atomic E-state index is 13.7. The number of rotatable bonds is 13. The second-order valence-electron chi connectivity index (χ2n) is 12.2. The van der Waals surface area contributed by atoms with Crippen molar-refractivity contribution in [3.63, 3.8) is 0 Å². The first kappa shape index (κ1) is 30.3. The Kier molecular flexibility index (Phi) is 11.0. The van der Waals surface area contributed by atoms with E-state index < -0.39 is 17.6 Å². The van der Waals surface area contributed by atoms with E-state index in [1.807, 2.05) is 81.6 Å². The number of nitrogens with zero attached hydrogens (tertiary/aromatic N) is 1. The number of benzene rings is 2. The monoisotopic (exact) mass is 559 g/mol. The fourth-order valence-corrected chi connectivity index (χ4v) is 5.21. The molecule has 2 unspecified atom stereocenters. The minimum Gasteiger partial charge on any atom is -0.489 e. The van der Waals surface area contributed by atoms with Gasteiger partial charge in [0.15, 0.2) is 0 Å². The minimum absolute atomic E-state index is 0.194. The van der Waals surface area contributed by atoms with Gasteiger partial charge in [0, 0.05) is 24.6 Å². The molecule has 1 aromatic heterocycles. The number of carbonyl (C=O) groups excluding carboxylic acids is 2. The third kappa shape index (κ3) is 10.4. The van der Waals surface area contributed by atoms with Gasteiger partial charge < -0.3 is 25.7 Å². The predicted molar refractivity (Wildman–Crippen MR) is 161 cm³/mol. The molecule has 1 heterocycles. The van der Waals surface area contributed by atoms with E-state index in [4.69, 9.17) is 4.74 Å². The number of carbonyl (C=O) groups is 2. The van der Waals surface area contributed by atoms with Crippen LogP contribution in [0.15, 0.2) is 67.1 Å². The van der Waals surface area contributed by atoms with Crippen LogP contribution in [0.5, 0.6) is 5.75 Å². The Morgan fingerprint density at radius 2 is 1.66 bits per heavy atom. The van der Waals surface area contributed by atoms with Gasteiger partial charge in [-0.15, -0.1) is 0 Å². The highest BCUT2D eigenvalue weighted by molar-refractivity contribution is 5.90. The summed E-state index contributed by atoms with van der Waals surface area (Å²) in [6.07, 6.45) is 10.4. The molecule has 0 bridgehead atoms. The molecule has 1 fully saturated rings. The first-order chi connectivity index (χ1) is 19.7. The Bertz CT molecular complexity index is 1200. The van der Waals surface area contributed by atoms with E-state index in [0.717, 1.165) is 29.1 Å². The van der Waals surface area contributed by atoms with Crippen LogP contribution < -0.4 is 20.7 Å². The first-order valence-corrected chi connectivity index (χ1v) is 14.8. The Labute approximate surface area is 244 Å². The largest absolute Gasteiger partial charge is 0.489 e. The summed E-state index contributed by atoms with van der Waals surface area (Å²) in [4.78, 5) is 34.4. The van der Waals surface area contributed by atoms with Gasteiger partial charge in [0.1, 0.15) is 18.4 Å². The number of amides is 2. The van der Waals surface area contributed by atoms with Gasteiger partial charge in [-0.2, -0.15) is 0 Å². The van der Waals surface area contributed by atoms with Crippen LogP contribution in [-0.2, 0) is 29.0 Å². The van der Waals surface area contributed by atoms with Crippen LogP contribution >= 0.6 is 0 Å². The molecule has 4 rings (SSSR count). The number of aromatic amines is 1. The van der Waals surface area contributed by atoms with E-state index in [1.54, 1.807) is 6.33 Å². The Hall–Kier alpha value is -3.65. The summed E-state index contributed by atoms with van der Waals surface area (Å²) >= 11 is 0. The molecule has 8 heteroatoms. The number of aromatic nitrogens is 2. The van der Waals surface area contributed by atoms with Gasteiger partial charge >= 0.3 is 0 Å². The van der Waals surface area contributed by atoms with Crippen LogP contribution in [0.2, 0.25) is 0 Å². The van der Waals surface area contributed by atoms with Gasteiger partial charge in [-0.25, -0.2) is 4.98 Å². The summed E-state index contributed by atoms with van der Waals surface area (Å²) in [6.45, 7) is 7.09. The number of nitrogens with one attached hydrogen (secondary N) is 4. The van der Waals surface area contributed by atoms with E-state index >= 15 is 0 Å². The molecule has 2 amide bonds. The van der Waals surface area contributed by atoms with Crippen molar-refractivity contribution in [2.24, 2.45) is 5.92 Å². The molecule has 1 saturated carbocycles. The zero-order chi connectivity index (χ0) is 29.1. The van der Waals surface area contributed by atoms with Crippen molar-refractivity contribution >= 4 is 11.8 Å². The third-order valence-electron chi connectivity index (χ3n) is 7.40. The average Bonchev–Trinajstić information content (AvgIpc) is 3.48. The SMILES string of the molecule is CC(C)(C)NC(=O)C(Cc1ccc(OCc2ccccc2)cc1)NC(=O)C(Cc1c[nH]cn1)NCC1CCCCC1. The molecular weight excluding hydrogens is 514 g/mol. The van der Waals surface area contributed by atoms with E-state index in [1.165, 1.54) is 32.1 Å². The lowest BCUT2D eigenvalue weighted by atomic mass is 9.89. The molecule has 4 N–H and O–H groups in total. The second kappa shape index (κ2) is 14.8. The quantitative estimate of drug-likeness (QED) is 0.243. The fourth-order valence-electron chi connectivity index (χ4n) is 5.21.